The number of hydrogen-bond donors (Lipinski definition) is 1. The van der Waals surface area contributed by atoms with E-state index in [4.69, 9.17) is 5.73 Å². The number of rotatable bonds is 5. The molecule has 1 atom stereocenters. The van der Waals surface area contributed by atoms with E-state index in [0.29, 0.717) is 6.42 Å². The summed E-state index contributed by atoms with van der Waals surface area (Å²) in [5.41, 5.74) is 7.74. The van der Waals surface area contributed by atoms with Crippen molar-refractivity contribution >= 4 is 21.7 Å². The number of carbonyl (C=O) groups excluding carboxylic acids is 1. The summed E-state index contributed by atoms with van der Waals surface area (Å²) in [5, 5.41) is 4.50. The van der Waals surface area contributed by atoms with Crippen LogP contribution in [0.3, 0.4) is 0 Å². The van der Waals surface area contributed by atoms with Crippen LogP contribution in [-0.2, 0) is 24.2 Å². The summed E-state index contributed by atoms with van der Waals surface area (Å²) >= 11 is 3.55. The third-order valence-corrected chi connectivity index (χ3v) is 4.23. The summed E-state index contributed by atoms with van der Waals surface area (Å²) in [6, 6.07) is -0.454. The third kappa shape index (κ3) is 3.66. The Morgan fingerprint density at radius 2 is 2.00 bits per heavy atom. The van der Waals surface area contributed by atoms with Crippen molar-refractivity contribution in [1.82, 2.24) is 9.78 Å². The zero-order valence-electron chi connectivity index (χ0n) is 12.5. The maximum absolute atomic E-state index is 12.3. The first-order chi connectivity index (χ1) is 8.72. The number of hydrogen-bond acceptors (Lipinski definition) is 3. The fraction of sp³-hybridized carbons (Fsp3) is 0.714. The van der Waals surface area contributed by atoms with Gasteiger partial charge in [0.25, 0.3) is 0 Å². The van der Waals surface area contributed by atoms with E-state index in [9.17, 15) is 4.79 Å². The van der Waals surface area contributed by atoms with Gasteiger partial charge in [-0.3, -0.25) is 9.48 Å². The molecule has 0 fully saturated rings. The van der Waals surface area contributed by atoms with Crippen molar-refractivity contribution in [3.63, 3.8) is 0 Å². The molecular weight excluding hydrogens is 306 g/mol. The van der Waals surface area contributed by atoms with Crippen molar-refractivity contribution in [2.75, 3.05) is 0 Å². The van der Waals surface area contributed by atoms with Gasteiger partial charge in [0.2, 0.25) is 0 Å². The molecule has 2 N–H and O–H groups in total. The fourth-order valence-electron chi connectivity index (χ4n) is 1.94. The van der Waals surface area contributed by atoms with Crippen LogP contribution >= 0.6 is 15.9 Å². The molecule has 1 unspecified atom stereocenters. The normalized spacial score (nSPS) is 13.6. The Hall–Kier alpha value is -0.680. The molecule has 1 aromatic heterocycles. The Morgan fingerprint density at radius 3 is 2.42 bits per heavy atom. The van der Waals surface area contributed by atoms with Gasteiger partial charge in [-0.05, 0) is 34.7 Å². The molecule has 0 aliphatic heterocycles. The van der Waals surface area contributed by atoms with Gasteiger partial charge in [0.05, 0.1) is 28.3 Å². The summed E-state index contributed by atoms with van der Waals surface area (Å²) in [6.45, 7) is 10.8. The van der Waals surface area contributed by atoms with E-state index in [1.807, 2.05) is 32.4 Å². The van der Waals surface area contributed by atoms with Crippen LogP contribution in [0.4, 0.5) is 0 Å². The number of Topliss-reactive ketones (excluding diaryl/α,β-unsaturated/α-hetero) is 1. The maximum atomic E-state index is 12.3. The van der Waals surface area contributed by atoms with E-state index in [1.165, 1.54) is 0 Å². The summed E-state index contributed by atoms with van der Waals surface area (Å²) in [7, 11) is 0. The van der Waals surface area contributed by atoms with E-state index < -0.39 is 6.04 Å². The minimum Gasteiger partial charge on any atom is -0.321 e. The largest absolute Gasteiger partial charge is 0.321 e. The van der Waals surface area contributed by atoms with Crippen LogP contribution in [0.1, 0.15) is 46.0 Å². The predicted octanol–water partition coefficient (Wildman–Crippen LogP) is 2.71. The van der Waals surface area contributed by atoms with E-state index in [0.717, 1.165) is 28.8 Å². The first-order valence-electron chi connectivity index (χ1n) is 6.74. The Balaban J connectivity index is 2.99. The topological polar surface area (TPSA) is 60.9 Å². The lowest BCUT2D eigenvalue weighted by Crippen LogP contribution is -2.43. The quantitative estimate of drug-likeness (QED) is 0.903. The zero-order valence-corrected chi connectivity index (χ0v) is 14.0. The number of nitrogens with two attached hydrogens (primary N) is 1. The molecule has 108 valence electrons. The van der Waals surface area contributed by atoms with Gasteiger partial charge >= 0.3 is 0 Å². The minimum atomic E-state index is -0.454. The molecule has 19 heavy (non-hydrogen) atoms. The van der Waals surface area contributed by atoms with Gasteiger partial charge < -0.3 is 5.73 Å². The molecule has 1 heterocycles. The number of nitrogens with zero attached hydrogens (tertiary/aromatic N) is 2. The van der Waals surface area contributed by atoms with E-state index in [2.05, 4.69) is 28.0 Å². The average molecular weight is 330 g/mol. The highest BCUT2D eigenvalue weighted by Crippen LogP contribution is 2.25. The van der Waals surface area contributed by atoms with Crippen LogP contribution in [0.15, 0.2) is 4.47 Å². The first kappa shape index (κ1) is 16.4. The maximum Gasteiger partial charge on any atom is 0.156 e. The standard InChI is InChI=1S/C14H24BrN3O/c1-6-9-12(15)10(18(7-2)17-9)8-11(19)13(16)14(3,4)5/h13H,6-8,16H2,1-5H3. The SMILES string of the molecule is CCc1nn(CC)c(CC(=O)C(N)C(C)(C)C)c1Br. The molecule has 0 aliphatic rings. The third-order valence-electron chi connectivity index (χ3n) is 3.32. The van der Waals surface area contributed by atoms with Gasteiger partial charge in [-0.2, -0.15) is 5.10 Å². The van der Waals surface area contributed by atoms with Crippen molar-refractivity contribution in [3.05, 3.63) is 15.9 Å². The monoisotopic (exact) mass is 329 g/mol. The van der Waals surface area contributed by atoms with Gasteiger partial charge in [-0.1, -0.05) is 27.7 Å². The summed E-state index contributed by atoms with van der Waals surface area (Å²) in [5.74, 6) is 0.0606. The first-order valence-corrected chi connectivity index (χ1v) is 7.54. The van der Waals surface area contributed by atoms with Crippen molar-refractivity contribution in [2.45, 2.75) is 60.0 Å². The Bertz CT molecular complexity index is 460. The molecule has 1 aromatic rings. The van der Waals surface area contributed by atoms with Crippen molar-refractivity contribution in [2.24, 2.45) is 11.1 Å². The van der Waals surface area contributed by atoms with Crippen LogP contribution in [0.5, 0.6) is 0 Å². The summed E-state index contributed by atoms with van der Waals surface area (Å²) in [4.78, 5) is 12.3. The predicted molar refractivity (Wildman–Crippen MR) is 81.1 cm³/mol. The van der Waals surface area contributed by atoms with Gasteiger partial charge in [0.1, 0.15) is 0 Å². The van der Waals surface area contributed by atoms with Gasteiger partial charge in [-0.25, -0.2) is 0 Å². The smallest absolute Gasteiger partial charge is 0.156 e. The number of ketones is 1. The number of aryl methyl sites for hydroxylation is 2. The molecule has 0 aliphatic carbocycles. The number of halogens is 1. The molecule has 0 bridgehead atoms. The second kappa shape index (κ2) is 6.18. The van der Waals surface area contributed by atoms with Gasteiger partial charge in [0, 0.05) is 6.54 Å². The van der Waals surface area contributed by atoms with Crippen LogP contribution in [0.25, 0.3) is 0 Å². The highest BCUT2D eigenvalue weighted by Gasteiger charge is 2.29. The second-order valence-corrected chi connectivity index (χ2v) is 6.66. The van der Waals surface area contributed by atoms with E-state index in [1.54, 1.807) is 0 Å². The molecule has 0 saturated carbocycles. The average Bonchev–Trinajstić information content (AvgIpc) is 2.64. The van der Waals surface area contributed by atoms with Crippen LogP contribution in [0.2, 0.25) is 0 Å². The Labute approximate surface area is 123 Å². The molecule has 1 rings (SSSR count). The highest BCUT2D eigenvalue weighted by atomic mass is 79.9. The van der Waals surface area contributed by atoms with Crippen molar-refractivity contribution in [3.8, 4) is 0 Å². The van der Waals surface area contributed by atoms with Gasteiger partial charge in [0.15, 0.2) is 5.78 Å². The molecule has 0 spiro atoms. The highest BCUT2D eigenvalue weighted by molar-refractivity contribution is 9.10. The lowest BCUT2D eigenvalue weighted by molar-refractivity contribution is -0.121. The lowest BCUT2D eigenvalue weighted by atomic mass is 9.83. The molecule has 0 radical (unpaired) electrons. The van der Waals surface area contributed by atoms with Crippen LogP contribution in [0, 0.1) is 5.41 Å². The fourth-order valence-corrected chi connectivity index (χ4v) is 2.65. The second-order valence-electron chi connectivity index (χ2n) is 5.86. The van der Waals surface area contributed by atoms with Crippen LogP contribution < -0.4 is 5.73 Å². The van der Waals surface area contributed by atoms with Crippen molar-refractivity contribution < 1.29 is 4.79 Å². The minimum absolute atomic E-state index is 0.0606. The molecule has 0 saturated heterocycles. The van der Waals surface area contributed by atoms with Gasteiger partial charge in [-0.15, -0.1) is 0 Å². The molecule has 4 nitrogen and oxygen atoms in total. The summed E-state index contributed by atoms with van der Waals surface area (Å²) < 4.78 is 2.84. The van der Waals surface area contributed by atoms with Crippen molar-refractivity contribution in [1.29, 1.82) is 0 Å². The molecule has 5 heteroatoms. The Kier molecular flexibility index (Phi) is 5.33. The molecule has 0 amide bonds. The molecule has 0 aromatic carbocycles. The Morgan fingerprint density at radius 1 is 1.42 bits per heavy atom. The van der Waals surface area contributed by atoms with E-state index in [-0.39, 0.29) is 11.2 Å². The molecular formula is C14H24BrN3O. The lowest BCUT2D eigenvalue weighted by Gasteiger charge is -2.25. The summed E-state index contributed by atoms with van der Waals surface area (Å²) in [6.07, 6.45) is 1.18. The zero-order chi connectivity index (χ0) is 14.8. The van der Waals surface area contributed by atoms with Crippen LogP contribution in [-0.4, -0.2) is 21.6 Å². The number of aromatic nitrogens is 2. The van der Waals surface area contributed by atoms with E-state index >= 15 is 0 Å². The number of carbonyl (C=O) groups is 1.